The summed E-state index contributed by atoms with van der Waals surface area (Å²) in [5, 5.41) is 0.849. The number of anilines is 1. The molecule has 0 radical (unpaired) electrons. The van der Waals surface area contributed by atoms with E-state index in [1.54, 1.807) is 11.3 Å². The van der Waals surface area contributed by atoms with Gasteiger partial charge in [-0.05, 0) is 48.7 Å². The molecule has 1 aliphatic heterocycles. The van der Waals surface area contributed by atoms with Crippen molar-refractivity contribution >= 4 is 51.6 Å². The smallest absolute Gasteiger partial charge is 0.237 e. The van der Waals surface area contributed by atoms with E-state index >= 15 is 0 Å². The number of carbonyl (C=O) groups excluding carboxylic acids is 1. The summed E-state index contributed by atoms with van der Waals surface area (Å²) in [4.78, 5) is 27.2. The topological polar surface area (TPSA) is 75.3 Å². The van der Waals surface area contributed by atoms with Crippen molar-refractivity contribution in [3.8, 4) is 0 Å². The van der Waals surface area contributed by atoms with Gasteiger partial charge in [-0.2, -0.15) is 0 Å². The summed E-state index contributed by atoms with van der Waals surface area (Å²) in [7, 11) is 0. The van der Waals surface area contributed by atoms with Crippen LogP contribution < -0.4 is 5.73 Å². The summed E-state index contributed by atoms with van der Waals surface area (Å²) in [6.45, 7) is 1.85. The molecule has 0 bridgehead atoms. The lowest BCUT2D eigenvalue weighted by Gasteiger charge is -2.49. The van der Waals surface area contributed by atoms with Gasteiger partial charge in [0.1, 0.15) is 12.1 Å². The van der Waals surface area contributed by atoms with E-state index in [1.807, 2.05) is 30.3 Å². The van der Waals surface area contributed by atoms with Crippen LogP contribution in [0.25, 0.3) is 17.0 Å². The summed E-state index contributed by atoms with van der Waals surface area (Å²) in [5.74, 6) is 0.680. The molecule has 2 fully saturated rings. The quantitative estimate of drug-likeness (QED) is 0.593. The molecule has 166 valence electrons. The second kappa shape index (κ2) is 9.17. The zero-order valence-electron chi connectivity index (χ0n) is 17.8. The standard InChI is InChI=1S/C24H26ClN5OS/c25-22-10-8-17(32-22)4-3-11-29-14-23(31)30(21-6-2-1-5-20(21)29)13-16-7-9-18-19(12-16)27-15-28-24(18)26/h3-4,7-10,12,15,20-21H,1-2,5-6,11,13-14H2,(H2,26,27,28). The molecule has 32 heavy (non-hydrogen) atoms. The van der Waals surface area contributed by atoms with Crippen molar-refractivity contribution in [1.82, 2.24) is 19.8 Å². The van der Waals surface area contributed by atoms with Gasteiger partial charge in [-0.25, -0.2) is 9.97 Å². The molecule has 2 aromatic heterocycles. The maximum atomic E-state index is 13.2. The Morgan fingerprint density at radius 3 is 2.81 bits per heavy atom. The first-order valence-electron chi connectivity index (χ1n) is 11.0. The first kappa shape index (κ1) is 21.4. The zero-order chi connectivity index (χ0) is 22.1. The fourth-order valence-electron chi connectivity index (χ4n) is 4.99. The Morgan fingerprint density at radius 1 is 1.16 bits per heavy atom. The molecular weight excluding hydrogens is 442 g/mol. The Hall–Kier alpha value is -2.48. The van der Waals surface area contributed by atoms with Crippen molar-refractivity contribution in [3.05, 3.63) is 57.5 Å². The molecule has 8 heteroatoms. The van der Waals surface area contributed by atoms with E-state index in [1.165, 1.54) is 19.2 Å². The summed E-state index contributed by atoms with van der Waals surface area (Å²) in [6, 6.07) is 10.6. The van der Waals surface area contributed by atoms with E-state index in [2.05, 4.69) is 31.9 Å². The molecule has 1 saturated heterocycles. The average molecular weight is 468 g/mol. The van der Waals surface area contributed by atoms with Crippen molar-refractivity contribution < 1.29 is 4.79 Å². The van der Waals surface area contributed by atoms with Gasteiger partial charge in [0.2, 0.25) is 5.91 Å². The highest BCUT2D eigenvalue weighted by atomic mass is 35.5. The first-order valence-corrected chi connectivity index (χ1v) is 12.2. The molecule has 1 aliphatic carbocycles. The number of thiophene rings is 1. The number of carbonyl (C=O) groups is 1. The molecular formula is C24H26ClN5OS. The lowest BCUT2D eigenvalue weighted by Crippen LogP contribution is -2.62. The Labute approximate surface area is 196 Å². The normalized spacial score (nSPS) is 22.0. The molecule has 1 amide bonds. The minimum atomic E-state index is 0.197. The third-order valence-electron chi connectivity index (χ3n) is 6.52. The van der Waals surface area contributed by atoms with Crippen molar-refractivity contribution in [3.63, 3.8) is 0 Å². The van der Waals surface area contributed by atoms with Crippen molar-refractivity contribution in [2.75, 3.05) is 18.8 Å². The molecule has 2 N–H and O–H groups in total. The fourth-order valence-corrected chi connectivity index (χ4v) is 5.99. The van der Waals surface area contributed by atoms with Gasteiger partial charge in [-0.15, -0.1) is 11.3 Å². The second-order valence-electron chi connectivity index (χ2n) is 8.52. The number of rotatable bonds is 5. The third-order valence-corrected chi connectivity index (χ3v) is 7.72. The minimum absolute atomic E-state index is 0.197. The molecule has 5 rings (SSSR count). The number of hydrogen-bond acceptors (Lipinski definition) is 6. The number of nitrogen functional groups attached to an aromatic ring is 1. The van der Waals surface area contributed by atoms with Crippen molar-refractivity contribution in [1.29, 1.82) is 0 Å². The first-order chi connectivity index (χ1) is 15.6. The van der Waals surface area contributed by atoms with E-state index in [0.29, 0.717) is 24.9 Å². The molecule has 3 aromatic rings. The van der Waals surface area contributed by atoms with Gasteiger partial charge in [-0.1, -0.05) is 36.6 Å². The Morgan fingerprint density at radius 2 is 2.00 bits per heavy atom. The molecule has 2 atom stereocenters. The van der Waals surface area contributed by atoms with Crippen LogP contribution in [0.15, 0.2) is 42.7 Å². The molecule has 2 aliphatic rings. The number of piperazine rings is 1. The predicted molar refractivity (Wildman–Crippen MR) is 130 cm³/mol. The van der Waals surface area contributed by atoms with E-state index in [0.717, 1.165) is 45.1 Å². The number of aromatic nitrogens is 2. The number of fused-ring (bicyclic) bond motifs is 2. The molecule has 1 saturated carbocycles. The average Bonchev–Trinajstić information content (AvgIpc) is 3.21. The Bertz CT molecular complexity index is 1160. The van der Waals surface area contributed by atoms with Gasteiger partial charge in [-0.3, -0.25) is 9.69 Å². The Balaban J connectivity index is 1.32. The highest BCUT2D eigenvalue weighted by Crippen LogP contribution is 2.32. The van der Waals surface area contributed by atoms with Gasteiger partial charge in [0.05, 0.1) is 16.4 Å². The van der Waals surface area contributed by atoms with Gasteiger partial charge in [0.25, 0.3) is 0 Å². The molecule has 6 nitrogen and oxygen atoms in total. The van der Waals surface area contributed by atoms with Gasteiger partial charge < -0.3 is 10.6 Å². The van der Waals surface area contributed by atoms with Crippen LogP contribution in [0.4, 0.5) is 5.82 Å². The summed E-state index contributed by atoms with van der Waals surface area (Å²) < 4.78 is 0.795. The van der Waals surface area contributed by atoms with Crippen LogP contribution in [0, 0.1) is 0 Å². The van der Waals surface area contributed by atoms with Crippen LogP contribution in [0.2, 0.25) is 4.34 Å². The lowest BCUT2D eigenvalue weighted by atomic mass is 9.85. The largest absolute Gasteiger partial charge is 0.383 e. The maximum absolute atomic E-state index is 13.2. The molecule has 2 unspecified atom stereocenters. The number of hydrogen-bond donors (Lipinski definition) is 1. The monoisotopic (exact) mass is 467 g/mol. The molecule has 3 heterocycles. The number of halogens is 1. The van der Waals surface area contributed by atoms with Crippen molar-refractivity contribution in [2.24, 2.45) is 0 Å². The second-order valence-corrected chi connectivity index (χ2v) is 10.3. The van der Waals surface area contributed by atoms with E-state index in [4.69, 9.17) is 17.3 Å². The number of nitrogens with zero attached hydrogens (tertiary/aromatic N) is 4. The van der Waals surface area contributed by atoms with Crippen LogP contribution in [-0.4, -0.2) is 50.8 Å². The van der Waals surface area contributed by atoms with E-state index in [9.17, 15) is 4.79 Å². The fraction of sp³-hybridized carbons (Fsp3) is 0.375. The Kier molecular flexibility index (Phi) is 6.13. The van der Waals surface area contributed by atoms with E-state index < -0.39 is 0 Å². The highest BCUT2D eigenvalue weighted by Gasteiger charge is 2.41. The molecule has 0 spiro atoms. The third kappa shape index (κ3) is 4.37. The summed E-state index contributed by atoms with van der Waals surface area (Å²) >= 11 is 7.60. The number of amides is 1. The van der Waals surface area contributed by atoms with Crippen LogP contribution in [0.1, 0.15) is 36.1 Å². The van der Waals surface area contributed by atoms with E-state index in [-0.39, 0.29) is 11.9 Å². The van der Waals surface area contributed by atoms with Gasteiger partial charge in [0.15, 0.2) is 0 Å². The van der Waals surface area contributed by atoms with Crippen molar-refractivity contribution in [2.45, 2.75) is 44.3 Å². The van der Waals surface area contributed by atoms with Crippen LogP contribution in [-0.2, 0) is 11.3 Å². The minimum Gasteiger partial charge on any atom is -0.383 e. The molecule has 1 aromatic carbocycles. The van der Waals surface area contributed by atoms with Gasteiger partial charge in [0, 0.05) is 35.4 Å². The maximum Gasteiger partial charge on any atom is 0.237 e. The SMILES string of the molecule is Nc1ncnc2cc(CN3C(=O)CN(CC=Cc4ccc(Cl)s4)C4CCCCC43)ccc12. The number of nitrogens with two attached hydrogens (primary N) is 1. The highest BCUT2D eigenvalue weighted by molar-refractivity contribution is 7.16. The summed E-state index contributed by atoms with van der Waals surface area (Å²) in [5.41, 5.74) is 7.86. The number of benzene rings is 1. The summed E-state index contributed by atoms with van der Waals surface area (Å²) in [6.07, 6.45) is 10.3. The van der Waals surface area contributed by atoms with Crippen LogP contribution in [0.3, 0.4) is 0 Å². The van der Waals surface area contributed by atoms with Crippen LogP contribution in [0.5, 0.6) is 0 Å². The van der Waals surface area contributed by atoms with Gasteiger partial charge >= 0.3 is 0 Å². The predicted octanol–water partition coefficient (Wildman–Crippen LogP) is 4.60. The van der Waals surface area contributed by atoms with Crippen LogP contribution >= 0.6 is 22.9 Å². The zero-order valence-corrected chi connectivity index (χ0v) is 19.4. The lowest BCUT2D eigenvalue weighted by molar-refractivity contribution is -0.145.